The van der Waals surface area contributed by atoms with Crippen molar-refractivity contribution < 1.29 is 28.6 Å². The van der Waals surface area contributed by atoms with Crippen molar-refractivity contribution in [2.45, 2.75) is 39.4 Å². The van der Waals surface area contributed by atoms with Crippen molar-refractivity contribution in [3.63, 3.8) is 0 Å². The number of hydrogen-bond donors (Lipinski definition) is 1. The molecule has 0 saturated carbocycles. The van der Waals surface area contributed by atoms with Gasteiger partial charge in [-0.25, -0.2) is 9.59 Å². The first kappa shape index (κ1) is 20.7. The van der Waals surface area contributed by atoms with Gasteiger partial charge in [-0.3, -0.25) is 10.1 Å². The molecule has 1 fully saturated rings. The number of carbonyl (C=O) groups is 3. The van der Waals surface area contributed by atoms with E-state index in [2.05, 4.69) is 5.32 Å². The summed E-state index contributed by atoms with van der Waals surface area (Å²) in [7, 11) is 0. The number of nitrogens with one attached hydrogen (secondary N) is 1. The van der Waals surface area contributed by atoms with Gasteiger partial charge in [0.2, 0.25) is 0 Å². The number of hydrogen-bond acceptors (Lipinski definition) is 6. The monoisotopic (exact) mass is 378 g/mol. The van der Waals surface area contributed by atoms with E-state index in [0.29, 0.717) is 25.4 Å². The first-order valence-corrected chi connectivity index (χ1v) is 8.80. The number of ether oxygens (including phenoxy) is 3. The van der Waals surface area contributed by atoms with Crippen molar-refractivity contribution in [1.82, 2.24) is 4.90 Å². The third-order valence-corrected chi connectivity index (χ3v) is 3.69. The Morgan fingerprint density at radius 3 is 2.48 bits per heavy atom. The van der Waals surface area contributed by atoms with Crippen molar-refractivity contribution in [2.75, 3.05) is 31.6 Å². The van der Waals surface area contributed by atoms with Gasteiger partial charge >= 0.3 is 12.1 Å². The van der Waals surface area contributed by atoms with Gasteiger partial charge in [0.25, 0.3) is 5.91 Å². The van der Waals surface area contributed by atoms with E-state index in [0.717, 1.165) is 0 Å². The second-order valence-electron chi connectivity index (χ2n) is 7.30. The van der Waals surface area contributed by atoms with Crippen LogP contribution in [0, 0.1) is 0 Å². The largest absolute Gasteiger partial charge is 0.452 e. The van der Waals surface area contributed by atoms with Crippen molar-refractivity contribution in [1.29, 1.82) is 0 Å². The summed E-state index contributed by atoms with van der Waals surface area (Å²) in [6, 6.07) is 6.14. The third kappa shape index (κ3) is 6.90. The lowest BCUT2D eigenvalue weighted by atomic mass is 10.2. The van der Waals surface area contributed by atoms with Crippen LogP contribution >= 0.6 is 0 Å². The van der Waals surface area contributed by atoms with Gasteiger partial charge in [-0.05, 0) is 52.0 Å². The fourth-order valence-corrected chi connectivity index (χ4v) is 2.46. The van der Waals surface area contributed by atoms with Crippen LogP contribution in [0.15, 0.2) is 24.3 Å². The molecule has 0 aliphatic carbocycles. The predicted octanol–water partition coefficient (Wildman–Crippen LogP) is 2.44. The van der Waals surface area contributed by atoms with E-state index < -0.39 is 17.7 Å². The van der Waals surface area contributed by atoms with E-state index in [1.807, 2.05) is 6.92 Å². The summed E-state index contributed by atoms with van der Waals surface area (Å²) in [4.78, 5) is 37.5. The van der Waals surface area contributed by atoms with Crippen LogP contribution in [0.5, 0.6) is 0 Å². The molecule has 1 atom stereocenters. The van der Waals surface area contributed by atoms with Crippen LogP contribution in [0.2, 0.25) is 0 Å². The van der Waals surface area contributed by atoms with Crippen LogP contribution in [0.3, 0.4) is 0 Å². The van der Waals surface area contributed by atoms with Crippen LogP contribution < -0.4 is 5.32 Å². The second-order valence-corrected chi connectivity index (χ2v) is 7.30. The summed E-state index contributed by atoms with van der Waals surface area (Å²) in [5, 5.41) is 2.58. The van der Waals surface area contributed by atoms with Crippen LogP contribution in [0.4, 0.5) is 10.5 Å². The first-order chi connectivity index (χ1) is 12.6. The van der Waals surface area contributed by atoms with Gasteiger partial charge in [0.1, 0.15) is 5.60 Å². The molecule has 1 aromatic rings. The predicted molar refractivity (Wildman–Crippen MR) is 98.6 cm³/mol. The fourth-order valence-electron chi connectivity index (χ4n) is 2.46. The molecule has 0 aromatic heterocycles. The molecule has 0 spiro atoms. The van der Waals surface area contributed by atoms with Crippen molar-refractivity contribution >= 4 is 23.7 Å². The third-order valence-electron chi connectivity index (χ3n) is 3.69. The van der Waals surface area contributed by atoms with Crippen LogP contribution in [-0.2, 0) is 19.0 Å². The number of carbonyl (C=O) groups excluding carboxylic acids is 3. The van der Waals surface area contributed by atoms with Crippen molar-refractivity contribution in [2.24, 2.45) is 0 Å². The summed E-state index contributed by atoms with van der Waals surface area (Å²) >= 11 is 0. The zero-order valence-electron chi connectivity index (χ0n) is 16.1. The highest BCUT2D eigenvalue weighted by molar-refractivity contribution is 5.92. The average molecular weight is 378 g/mol. The zero-order valence-corrected chi connectivity index (χ0v) is 16.1. The second kappa shape index (κ2) is 8.85. The van der Waals surface area contributed by atoms with Crippen molar-refractivity contribution in [3.8, 4) is 0 Å². The van der Waals surface area contributed by atoms with Crippen LogP contribution in [0.1, 0.15) is 38.1 Å². The number of nitrogens with zero attached hydrogens (tertiary/aromatic N) is 1. The summed E-state index contributed by atoms with van der Waals surface area (Å²) in [6.07, 6.45) is -0.605. The summed E-state index contributed by atoms with van der Waals surface area (Å²) in [6.45, 7) is 8.33. The molecule has 2 rings (SSSR count). The molecule has 1 aromatic carbocycles. The highest BCUT2D eigenvalue weighted by atomic mass is 16.6. The van der Waals surface area contributed by atoms with E-state index >= 15 is 0 Å². The lowest BCUT2D eigenvalue weighted by Crippen LogP contribution is -2.46. The topological polar surface area (TPSA) is 94.2 Å². The highest BCUT2D eigenvalue weighted by Crippen LogP contribution is 2.14. The van der Waals surface area contributed by atoms with Gasteiger partial charge in [0.05, 0.1) is 18.3 Å². The normalized spacial score (nSPS) is 17.2. The molecule has 2 amide bonds. The standard InChI is InChI=1S/C19H26N2O6/c1-13-11-21(9-10-25-13)16(22)12-26-17(23)14-5-7-15(8-6-14)20-18(24)27-19(2,3)4/h5-8,13H,9-12H2,1-4H3,(H,20,24). The Labute approximate surface area is 158 Å². The molecular weight excluding hydrogens is 352 g/mol. The minimum Gasteiger partial charge on any atom is -0.452 e. The molecule has 1 aliphatic heterocycles. The Kier molecular flexibility index (Phi) is 6.79. The molecule has 1 unspecified atom stereocenters. The minimum absolute atomic E-state index is 0.0246. The number of amides is 2. The molecular formula is C19H26N2O6. The Morgan fingerprint density at radius 2 is 1.89 bits per heavy atom. The van der Waals surface area contributed by atoms with E-state index in [9.17, 15) is 14.4 Å². The van der Waals surface area contributed by atoms with Gasteiger partial charge in [-0.2, -0.15) is 0 Å². The Morgan fingerprint density at radius 1 is 1.22 bits per heavy atom. The molecule has 0 bridgehead atoms. The Hall–Kier alpha value is -2.61. The molecule has 8 nitrogen and oxygen atoms in total. The quantitative estimate of drug-likeness (QED) is 0.809. The summed E-state index contributed by atoms with van der Waals surface area (Å²) < 4.78 is 15.6. The molecule has 1 N–H and O–H groups in total. The number of anilines is 1. The Bertz CT molecular complexity index is 680. The number of morpholine rings is 1. The summed E-state index contributed by atoms with van der Waals surface area (Å²) in [5.41, 5.74) is 0.172. The lowest BCUT2D eigenvalue weighted by molar-refractivity contribution is -0.141. The van der Waals surface area contributed by atoms with Gasteiger partial charge in [0, 0.05) is 18.8 Å². The Balaban J connectivity index is 1.82. The highest BCUT2D eigenvalue weighted by Gasteiger charge is 2.22. The molecule has 1 aliphatic rings. The van der Waals surface area contributed by atoms with Crippen LogP contribution in [0.25, 0.3) is 0 Å². The number of rotatable bonds is 4. The maximum Gasteiger partial charge on any atom is 0.412 e. The minimum atomic E-state index is -0.603. The van der Waals surface area contributed by atoms with Gasteiger partial charge in [0.15, 0.2) is 6.61 Å². The summed E-state index contributed by atoms with van der Waals surface area (Å²) in [5.74, 6) is -0.852. The van der Waals surface area contributed by atoms with Gasteiger partial charge in [-0.15, -0.1) is 0 Å². The fraction of sp³-hybridized carbons (Fsp3) is 0.526. The van der Waals surface area contributed by atoms with E-state index in [1.54, 1.807) is 37.8 Å². The lowest BCUT2D eigenvalue weighted by Gasteiger charge is -2.30. The van der Waals surface area contributed by atoms with Crippen molar-refractivity contribution in [3.05, 3.63) is 29.8 Å². The smallest absolute Gasteiger partial charge is 0.412 e. The molecule has 8 heteroatoms. The first-order valence-electron chi connectivity index (χ1n) is 8.80. The molecule has 27 heavy (non-hydrogen) atoms. The maximum absolute atomic E-state index is 12.1. The SMILES string of the molecule is CC1CN(C(=O)COC(=O)c2ccc(NC(=O)OC(C)(C)C)cc2)CCO1. The van der Waals surface area contributed by atoms with E-state index in [4.69, 9.17) is 14.2 Å². The zero-order chi connectivity index (χ0) is 20.0. The van der Waals surface area contributed by atoms with Gasteiger partial charge < -0.3 is 19.1 Å². The maximum atomic E-state index is 12.1. The van der Waals surface area contributed by atoms with Crippen LogP contribution in [-0.4, -0.2) is 60.9 Å². The molecule has 0 radical (unpaired) electrons. The molecule has 148 valence electrons. The molecule has 1 saturated heterocycles. The van der Waals surface area contributed by atoms with Gasteiger partial charge in [-0.1, -0.05) is 0 Å². The van der Waals surface area contributed by atoms with E-state index in [1.165, 1.54) is 12.1 Å². The average Bonchev–Trinajstić information content (AvgIpc) is 2.58. The number of esters is 1. The number of benzene rings is 1. The molecule has 1 heterocycles. The van der Waals surface area contributed by atoms with E-state index in [-0.39, 0.29) is 24.2 Å².